The number of aromatic hydroxyl groups is 1. The molecule has 2 rings (SSSR count). The number of benzene rings is 2. The summed E-state index contributed by atoms with van der Waals surface area (Å²) in [5.41, 5.74) is 1.46. The lowest BCUT2D eigenvalue weighted by Gasteiger charge is -2.08. The van der Waals surface area contributed by atoms with Crippen LogP contribution >= 0.6 is 0 Å². The summed E-state index contributed by atoms with van der Waals surface area (Å²) in [5.74, 6) is 1.65. The van der Waals surface area contributed by atoms with Crippen LogP contribution in [0.1, 0.15) is 51.0 Å². The maximum atomic E-state index is 10.2. The van der Waals surface area contributed by atoms with Gasteiger partial charge in [-0.3, -0.25) is 4.99 Å². The smallest absolute Gasteiger partial charge is 0.128 e. The van der Waals surface area contributed by atoms with Crippen molar-refractivity contribution in [3.63, 3.8) is 0 Å². The second-order valence-corrected chi connectivity index (χ2v) is 6.29. The summed E-state index contributed by atoms with van der Waals surface area (Å²) in [7, 11) is 1.63. The zero-order valence-electron chi connectivity index (χ0n) is 15.8. The predicted octanol–water partition coefficient (Wildman–Crippen LogP) is 5.89. The third-order valence-electron chi connectivity index (χ3n) is 4.19. The van der Waals surface area contributed by atoms with Gasteiger partial charge < -0.3 is 14.6 Å². The third-order valence-corrected chi connectivity index (χ3v) is 4.19. The molecule has 0 spiro atoms. The second-order valence-electron chi connectivity index (χ2n) is 6.29. The van der Waals surface area contributed by atoms with Gasteiger partial charge in [-0.2, -0.15) is 0 Å². The fraction of sp³-hybridized carbons (Fsp3) is 0.409. The Kier molecular flexibility index (Phi) is 8.53. The van der Waals surface area contributed by atoms with Crippen LogP contribution in [-0.4, -0.2) is 25.0 Å². The molecule has 4 heteroatoms. The highest BCUT2D eigenvalue weighted by Crippen LogP contribution is 2.24. The summed E-state index contributed by atoms with van der Waals surface area (Å²) in [5, 5.41) is 10.2. The zero-order valence-corrected chi connectivity index (χ0v) is 15.8. The number of hydrogen-bond donors (Lipinski definition) is 1. The van der Waals surface area contributed by atoms with Gasteiger partial charge in [0.2, 0.25) is 0 Å². The Labute approximate surface area is 156 Å². The molecular weight excluding hydrogens is 326 g/mol. The molecule has 0 fully saturated rings. The van der Waals surface area contributed by atoms with Gasteiger partial charge in [0, 0.05) is 17.8 Å². The summed E-state index contributed by atoms with van der Waals surface area (Å²) in [6.45, 7) is 2.91. The first-order chi connectivity index (χ1) is 12.7. The lowest BCUT2D eigenvalue weighted by molar-refractivity contribution is 0.302. The minimum absolute atomic E-state index is 0.169. The summed E-state index contributed by atoms with van der Waals surface area (Å²) >= 11 is 0. The second kappa shape index (κ2) is 11.2. The zero-order chi connectivity index (χ0) is 18.6. The monoisotopic (exact) mass is 355 g/mol. The Morgan fingerprint density at radius 3 is 2.31 bits per heavy atom. The van der Waals surface area contributed by atoms with E-state index >= 15 is 0 Å². The van der Waals surface area contributed by atoms with Gasteiger partial charge in [-0.1, -0.05) is 39.0 Å². The van der Waals surface area contributed by atoms with Crippen molar-refractivity contribution in [2.45, 2.75) is 45.4 Å². The molecule has 0 aromatic heterocycles. The molecule has 1 N–H and O–H groups in total. The van der Waals surface area contributed by atoms with Crippen molar-refractivity contribution in [3.8, 4) is 17.2 Å². The van der Waals surface area contributed by atoms with Crippen molar-refractivity contribution in [1.29, 1.82) is 0 Å². The van der Waals surface area contributed by atoms with E-state index < -0.39 is 0 Å². The average Bonchev–Trinajstić information content (AvgIpc) is 2.67. The van der Waals surface area contributed by atoms with Gasteiger partial charge in [-0.25, -0.2) is 0 Å². The average molecular weight is 355 g/mol. The number of methoxy groups -OCH3 is 1. The first-order valence-corrected chi connectivity index (χ1v) is 9.37. The van der Waals surface area contributed by atoms with Crippen LogP contribution in [-0.2, 0) is 0 Å². The van der Waals surface area contributed by atoms with Crippen LogP contribution in [0.5, 0.6) is 17.2 Å². The maximum Gasteiger partial charge on any atom is 0.128 e. The molecule has 140 valence electrons. The van der Waals surface area contributed by atoms with E-state index in [-0.39, 0.29) is 5.75 Å². The molecule has 0 atom stereocenters. The van der Waals surface area contributed by atoms with Gasteiger partial charge in [0.1, 0.15) is 17.2 Å². The SMILES string of the molecule is CCCCCCCCOc1ccc(C=Nc2ccc(OC)cc2)c(O)c1. The molecule has 0 aliphatic heterocycles. The van der Waals surface area contributed by atoms with Crippen molar-refractivity contribution in [2.24, 2.45) is 4.99 Å². The molecule has 0 aliphatic rings. The first-order valence-electron chi connectivity index (χ1n) is 9.37. The predicted molar refractivity (Wildman–Crippen MR) is 107 cm³/mol. The van der Waals surface area contributed by atoms with Gasteiger partial charge in [-0.15, -0.1) is 0 Å². The number of ether oxygens (including phenoxy) is 2. The van der Waals surface area contributed by atoms with E-state index in [0.29, 0.717) is 17.9 Å². The number of phenolic OH excluding ortho intramolecular Hbond substituents is 1. The van der Waals surface area contributed by atoms with E-state index in [1.165, 1.54) is 32.1 Å². The van der Waals surface area contributed by atoms with E-state index in [2.05, 4.69) is 11.9 Å². The minimum Gasteiger partial charge on any atom is -0.507 e. The quantitative estimate of drug-likeness (QED) is 0.404. The van der Waals surface area contributed by atoms with E-state index in [4.69, 9.17) is 9.47 Å². The van der Waals surface area contributed by atoms with E-state index in [1.807, 2.05) is 36.4 Å². The van der Waals surface area contributed by atoms with Crippen LogP contribution in [0.3, 0.4) is 0 Å². The van der Waals surface area contributed by atoms with Gasteiger partial charge in [-0.05, 0) is 42.8 Å². The Hall–Kier alpha value is -2.49. The van der Waals surface area contributed by atoms with Crippen LogP contribution in [0.4, 0.5) is 5.69 Å². The highest BCUT2D eigenvalue weighted by Gasteiger charge is 2.02. The highest BCUT2D eigenvalue weighted by atomic mass is 16.5. The Morgan fingerprint density at radius 2 is 1.62 bits per heavy atom. The van der Waals surface area contributed by atoms with Crippen molar-refractivity contribution in [2.75, 3.05) is 13.7 Å². The van der Waals surface area contributed by atoms with E-state index in [0.717, 1.165) is 17.9 Å². The summed E-state index contributed by atoms with van der Waals surface area (Å²) in [4.78, 5) is 4.37. The molecule has 0 radical (unpaired) electrons. The number of nitrogens with zero attached hydrogens (tertiary/aromatic N) is 1. The first kappa shape index (κ1) is 19.8. The topological polar surface area (TPSA) is 51.0 Å². The molecule has 0 saturated carbocycles. The Bertz CT molecular complexity index is 680. The van der Waals surface area contributed by atoms with Crippen molar-refractivity contribution < 1.29 is 14.6 Å². The molecule has 4 nitrogen and oxygen atoms in total. The van der Waals surface area contributed by atoms with Gasteiger partial charge in [0.25, 0.3) is 0 Å². The molecule has 0 aliphatic carbocycles. The number of hydrogen-bond acceptors (Lipinski definition) is 4. The molecule has 2 aromatic carbocycles. The van der Waals surface area contributed by atoms with Crippen LogP contribution < -0.4 is 9.47 Å². The molecule has 26 heavy (non-hydrogen) atoms. The summed E-state index contributed by atoms with van der Waals surface area (Å²) in [6.07, 6.45) is 9.04. The largest absolute Gasteiger partial charge is 0.507 e. The van der Waals surface area contributed by atoms with Gasteiger partial charge >= 0.3 is 0 Å². The van der Waals surface area contributed by atoms with Crippen molar-refractivity contribution in [3.05, 3.63) is 48.0 Å². The molecule has 0 saturated heterocycles. The maximum absolute atomic E-state index is 10.2. The number of phenols is 1. The Morgan fingerprint density at radius 1 is 0.923 bits per heavy atom. The number of aliphatic imine (C=N–C) groups is 1. The minimum atomic E-state index is 0.169. The van der Waals surface area contributed by atoms with Gasteiger partial charge in [0.15, 0.2) is 0 Å². The third kappa shape index (κ3) is 6.79. The molecule has 0 heterocycles. The molecule has 0 bridgehead atoms. The normalized spacial score (nSPS) is 11.0. The van der Waals surface area contributed by atoms with Crippen LogP contribution in [0.15, 0.2) is 47.5 Å². The van der Waals surface area contributed by atoms with Crippen LogP contribution in [0.2, 0.25) is 0 Å². The van der Waals surface area contributed by atoms with Crippen molar-refractivity contribution in [1.82, 2.24) is 0 Å². The number of rotatable bonds is 11. The van der Waals surface area contributed by atoms with E-state index in [1.54, 1.807) is 19.4 Å². The highest BCUT2D eigenvalue weighted by molar-refractivity contribution is 5.85. The summed E-state index contributed by atoms with van der Waals surface area (Å²) < 4.78 is 10.8. The fourth-order valence-electron chi connectivity index (χ4n) is 2.61. The Balaban J connectivity index is 1.81. The lowest BCUT2D eigenvalue weighted by atomic mass is 10.1. The molecule has 0 unspecified atom stereocenters. The van der Waals surface area contributed by atoms with Gasteiger partial charge in [0.05, 0.1) is 19.4 Å². The molecular formula is C22H29NO3. The molecule has 0 amide bonds. The van der Waals surface area contributed by atoms with Crippen LogP contribution in [0, 0.1) is 0 Å². The van der Waals surface area contributed by atoms with Crippen molar-refractivity contribution >= 4 is 11.9 Å². The lowest BCUT2D eigenvalue weighted by Crippen LogP contribution is -1.97. The van der Waals surface area contributed by atoms with E-state index in [9.17, 15) is 5.11 Å². The standard InChI is InChI=1S/C22H29NO3/c1-3-4-5-6-7-8-15-26-21-12-9-18(22(24)16-21)17-23-19-10-13-20(25-2)14-11-19/h9-14,16-17,24H,3-8,15H2,1-2H3. The number of unbranched alkanes of at least 4 members (excludes halogenated alkanes) is 5. The van der Waals surface area contributed by atoms with Crippen LogP contribution in [0.25, 0.3) is 0 Å². The molecule has 2 aromatic rings. The fourth-order valence-corrected chi connectivity index (χ4v) is 2.61. The summed E-state index contributed by atoms with van der Waals surface area (Å²) in [6, 6.07) is 12.8.